The fourth-order valence-electron chi connectivity index (χ4n) is 10.3. The van der Waals surface area contributed by atoms with Gasteiger partial charge in [-0.1, -0.05) is 82.2 Å². The van der Waals surface area contributed by atoms with Crippen molar-refractivity contribution in [2.45, 2.75) is 72.8 Å². The Morgan fingerprint density at radius 2 is 1.81 bits per heavy atom. The Labute approximate surface area is 189 Å². The average Bonchev–Trinajstić information content (AvgIpc) is 3.24. The van der Waals surface area contributed by atoms with E-state index >= 15 is 0 Å². The summed E-state index contributed by atoms with van der Waals surface area (Å²) in [6, 6.07) is 0.0700. The van der Waals surface area contributed by atoms with E-state index in [2.05, 4.69) is 76.3 Å². The molecule has 6 aliphatic rings. The lowest BCUT2D eigenvalue weighted by Gasteiger charge is -2.66. The maximum Gasteiger partial charge on any atom is 0.0955 e. The van der Waals surface area contributed by atoms with E-state index in [4.69, 9.17) is 0 Å². The lowest BCUT2D eigenvalue weighted by molar-refractivity contribution is -0.184. The van der Waals surface area contributed by atoms with Gasteiger partial charge in [-0.05, 0) is 96.0 Å². The normalized spacial score (nSPS) is 53.6. The Balaban J connectivity index is 1.57. The van der Waals surface area contributed by atoms with Crippen molar-refractivity contribution in [2.75, 3.05) is 0 Å². The third-order valence-electron chi connectivity index (χ3n) is 10.8. The van der Waals surface area contributed by atoms with Crippen molar-refractivity contribution < 1.29 is 0 Å². The molecule has 6 bridgehead atoms. The van der Waals surface area contributed by atoms with E-state index in [-0.39, 0.29) is 6.04 Å². The van der Waals surface area contributed by atoms with Crippen LogP contribution in [0.15, 0.2) is 52.8 Å². The van der Waals surface area contributed by atoms with Gasteiger partial charge in [-0.15, -0.1) is 0 Å². The van der Waals surface area contributed by atoms with Crippen molar-refractivity contribution in [3.05, 3.63) is 52.5 Å². The summed E-state index contributed by atoms with van der Waals surface area (Å²) in [6.07, 6.45) is 19.6. The minimum atomic E-state index is 0.0700. The molecule has 31 heavy (non-hydrogen) atoms. The minimum Gasteiger partial charge on any atom is -0.151 e. The number of allylic oxidation sites excluding steroid dienone is 8. The second-order valence-electron chi connectivity index (χ2n) is 11.6. The molecule has 2 heteroatoms. The van der Waals surface area contributed by atoms with E-state index in [1.165, 1.54) is 36.8 Å². The summed E-state index contributed by atoms with van der Waals surface area (Å²) in [5, 5.41) is 3.72. The van der Waals surface area contributed by atoms with Crippen LogP contribution in [0.25, 0.3) is 0 Å². The summed E-state index contributed by atoms with van der Waals surface area (Å²) in [6.45, 7) is 12.1. The molecular weight excluding hydrogens is 378 g/mol. The zero-order valence-electron chi connectivity index (χ0n) is 20.1. The highest BCUT2D eigenvalue weighted by Crippen LogP contribution is 2.81. The lowest BCUT2D eigenvalue weighted by atomic mass is 9.38. The Morgan fingerprint density at radius 1 is 1.06 bits per heavy atom. The molecule has 11 atom stereocenters. The highest BCUT2D eigenvalue weighted by atomic mass is 16.3. The van der Waals surface area contributed by atoms with Crippen molar-refractivity contribution in [3.8, 4) is 0 Å². The predicted molar refractivity (Wildman–Crippen MR) is 129 cm³/mol. The molecule has 0 heterocycles. The molecule has 168 valence electrons. The van der Waals surface area contributed by atoms with Gasteiger partial charge < -0.3 is 0 Å². The quantitative estimate of drug-likeness (QED) is 0.405. The van der Waals surface area contributed by atoms with E-state index in [1.54, 1.807) is 0 Å². The van der Waals surface area contributed by atoms with E-state index in [0.717, 1.165) is 41.9 Å². The molecule has 6 unspecified atom stereocenters. The molecule has 0 aromatic heterocycles. The number of hydrogen-bond acceptors (Lipinski definition) is 2. The van der Waals surface area contributed by atoms with Crippen molar-refractivity contribution in [1.29, 1.82) is 0 Å². The van der Waals surface area contributed by atoms with Crippen LogP contribution < -0.4 is 0 Å². The number of hydrogen-bond donors (Lipinski definition) is 0. The van der Waals surface area contributed by atoms with Crippen LogP contribution in [0.1, 0.15) is 66.7 Å². The van der Waals surface area contributed by atoms with Crippen molar-refractivity contribution in [1.82, 2.24) is 0 Å². The third kappa shape index (κ3) is 2.82. The molecule has 6 aliphatic carbocycles. The van der Waals surface area contributed by atoms with Crippen LogP contribution in [0, 0.1) is 63.6 Å². The van der Waals surface area contributed by atoms with Gasteiger partial charge in [0, 0.05) is 0 Å². The standard InChI is InChI=1S/C29H41NO/c1-6-21(15-20-13-11-9-8-10-12-17(20)3)29-16-23-22(7-2)28(29)19(5)25-24(30-31)14-18(4)27(29)26(23)25/h8-13,18-19,21-28H,6-7,14-16H2,1-5H3/b9-8?,10-8-,11-9-,12-10?,13-11?,17-12+,20-13+,20-17?/t18-,19?,21?,22?,23+,24+,25?,26-,27?,28?,29+/m1/s1. The summed E-state index contributed by atoms with van der Waals surface area (Å²) in [4.78, 5) is 11.9. The topological polar surface area (TPSA) is 29.4 Å². The molecule has 0 aliphatic heterocycles. The number of rotatable bonds is 6. The summed E-state index contributed by atoms with van der Waals surface area (Å²) >= 11 is 0. The smallest absolute Gasteiger partial charge is 0.0955 e. The van der Waals surface area contributed by atoms with Crippen LogP contribution in [-0.4, -0.2) is 6.04 Å². The van der Waals surface area contributed by atoms with Crippen LogP contribution in [-0.2, 0) is 0 Å². The van der Waals surface area contributed by atoms with Crippen LogP contribution in [0.3, 0.4) is 0 Å². The van der Waals surface area contributed by atoms with E-state index in [0.29, 0.717) is 23.2 Å². The third-order valence-corrected chi connectivity index (χ3v) is 10.8. The van der Waals surface area contributed by atoms with Crippen LogP contribution in [0.4, 0.5) is 0 Å². The summed E-state index contributed by atoms with van der Waals surface area (Å²) in [7, 11) is 0. The first-order valence-electron chi connectivity index (χ1n) is 13.0. The molecule has 0 radical (unpaired) electrons. The molecule has 6 rings (SSSR count). The summed E-state index contributed by atoms with van der Waals surface area (Å²) in [5.74, 6) is 6.64. The number of nitrogens with zero attached hydrogens (tertiary/aromatic N) is 1. The Morgan fingerprint density at radius 3 is 2.48 bits per heavy atom. The molecule has 0 N–H and O–H groups in total. The maximum atomic E-state index is 11.9. The zero-order chi connectivity index (χ0) is 21.9. The molecule has 0 aromatic rings. The van der Waals surface area contributed by atoms with Gasteiger partial charge in [0.15, 0.2) is 0 Å². The molecule has 5 fully saturated rings. The van der Waals surface area contributed by atoms with E-state index < -0.39 is 0 Å². The summed E-state index contributed by atoms with van der Waals surface area (Å²) in [5.41, 5.74) is 3.42. The maximum absolute atomic E-state index is 11.9. The minimum absolute atomic E-state index is 0.0700. The first-order valence-corrected chi connectivity index (χ1v) is 13.0. The fraction of sp³-hybridized carbons (Fsp3) is 0.724. The van der Waals surface area contributed by atoms with E-state index in [9.17, 15) is 4.91 Å². The Bertz CT molecular complexity index is 849. The van der Waals surface area contributed by atoms with Gasteiger partial charge in [-0.3, -0.25) is 0 Å². The second-order valence-corrected chi connectivity index (χ2v) is 11.6. The Hall–Kier alpha value is -1.44. The summed E-state index contributed by atoms with van der Waals surface area (Å²) < 4.78 is 0. The highest BCUT2D eigenvalue weighted by molar-refractivity contribution is 5.38. The Kier molecular flexibility index (Phi) is 5.42. The van der Waals surface area contributed by atoms with Crippen LogP contribution in [0.2, 0.25) is 0 Å². The SMILES string of the molecule is CCC1C2C(C)C3[C@@H]4C([C@H](C)C[C@@H]3N=O)[C@@]2(C(CC)CC2=C\C=C/C=C\C=C\2C)C[C@@H]14. The van der Waals surface area contributed by atoms with Gasteiger partial charge >= 0.3 is 0 Å². The van der Waals surface area contributed by atoms with Crippen molar-refractivity contribution in [3.63, 3.8) is 0 Å². The predicted octanol–water partition coefficient (Wildman–Crippen LogP) is 7.74. The van der Waals surface area contributed by atoms with Gasteiger partial charge in [0.05, 0.1) is 6.04 Å². The largest absolute Gasteiger partial charge is 0.151 e. The molecule has 5 saturated carbocycles. The van der Waals surface area contributed by atoms with Crippen LogP contribution >= 0.6 is 0 Å². The molecule has 0 amide bonds. The lowest BCUT2D eigenvalue weighted by Crippen LogP contribution is -2.63. The van der Waals surface area contributed by atoms with Crippen LogP contribution in [0.5, 0.6) is 0 Å². The molecule has 2 nitrogen and oxygen atoms in total. The van der Waals surface area contributed by atoms with Gasteiger partial charge in [0.1, 0.15) is 0 Å². The molecular formula is C29H41NO. The highest BCUT2D eigenvalue weighted by Gasteiger charge is 2.77. The van der Waals surface area contributed by atoms with E-state index in [1.807, 2.05) is 0 Å². The second kappa shape index (κ2) is 7.85. The molecule has 0 spiro atoms. The monoisotopic (exact) mass is 419 g/mol. The first-order chi connectivity index (χ1) is 15.0. The van der Waals surface area contributed by atoms with Gasteiger partial charge in [-0.25, -0.2) is 0 Å². The van der Waals surface area contributed by atoms with Gasteiger partial charge in [0.25, 0.3) is 0 Å². The van der Waals surface area contributed by atoms with Crippen molar-refractivity contribution >= 4 is 0 Å². The van der Waals surface area contributed by atoms with Crippen molar-refractivity contribution in [2.24, 2.45) is 63.9 Å². The first kappa shape index (κ1) is 21.4. The molecule has 0 aromatic carbocycles. The fourth-order valence-corrected chi connectivity index (χ4v) is 10.3. The van der Waals surface area contributed by atoms with Gasteiger partial charge in [0.2, 0.25) is 0 Å². The van der Waals surface area contributed by atoms with Gasteiger partial charge in [-0.2, -0.15) is 4.91 Å². The number of nitroso groups, excluding NO2 is 1. The average molecular weight is 420 g/mol. The zero-order valence-corrected chi connectivity index (χ0v) is 20.1. The molecule has 0 saturated heterocycles.